The lowest BCUT2D eigenvalue weighted by atomic mass is 10.1. The number of rotatable bonds is 7. The summed E-state index contributed by atoms with van der Waals surface area (Å²) >= 11 is 0. The number of anilines is 1. The third-order valence-electron chi connectivity index (χ3n) is 5.10. The number of quaternary nitrogens is 1. The molecule has 0 saturated heterocycles. The van der Waals surface area contributed by atoms with E-state index < -0.39 is 0 Å². The zero-order valence-corrected chi connectivity index (χ0v) is 16.8. The molecule has 5 nitrogen and oxygen atoms in total. The zero-order valence-electron chi connectivity index (χ0n) is 16.8. The lowest BCUT2D eigenvalue weighted by molar-refractivity contribution is -0.907. The van der Waals surface area contributed by atoms with E-state index in [1.54, 1.807) is 14.2 Å². The summed E-state index contributed by atoms with van der Waals surface area (Å²) in [6.07, 6.45) is 0. The molecule has 3 aromatic carbocycles. The fourth-order valence-electron chi connectivity index (χ4n) is 3.29. The van der Waals surface area contributed by atoms with Crippen molar-refractivity contribution < 1.29 is 19.2 Å². The van der Waals surface area contributed by atoms with Crippen LogP contribution in [0.25, 0.3) is 10.8 Å². The van der Waals surface area contributed by atoms with Gasteiger partial charge in [0.1, 0.15) is 6.54 Å². The van der Waals surface area contributed by atoms with Gasteiger partial charge in [0, 0.05) is 5.69 Å². The molecule has 3 rings (SSSR count). The first-order chi connectivity index (χ1) is 13.5. The van der Waals surface area contributed by atoms with E-state index in [1.165, 1.54) is 0 Å². The third-order valence-corrected chi connectivity index (χ3v) is 5.10. The van der Waals surface area contributed by atoms with Crippen LogP contribution in [0, 0.1) is 0 Å². The van der Waals surface area contributed by atoms with E-state index in [9.17, 15) is 4.79 Å². The van der Waals surface area contributed by atoms with E-state index in [4.69, 9.17) is 9.47 Å². The molecular weight excluding hydrogens is 352 g/mol. The highest BCUT2D eigenvalue weighted by Crippen LogP contribution is 2.30. The van der Waals surface area contributed by atoms with Crippen molar-refractivity contribution in [2.75, 3.05) is 26.6 Å². The number of methoxy groups -OCH3 is 2. The van der Waals surface area contributed by atoms with E-state index in [1.807, 2.05) is 68.6 Å². The van der Waals surface area contributed by atoms with Crippen LogP contribution in [0.3, 0.4) is 0 Å². The van der Waals surface area contributed by atoms with Crippen molar-refractivity contribution in [3.05, 3.63) is 66.2 Å². The van der Waals surface area contributed by atoms with Crippen LogP contribution >= 0.6 is 0 Å². The number of hydrogen-bond donors (Lipinski definition) is 2. The Hall–Kier alpha value is -3.05. The summed E-state index contributed by atoms with van der Waals surface area (Å²) in [5.41, 5.74) is 1.81. The fourth-order valence-corrected chi connectivity index (χ4v) is 3.29. The van der Waals surface area contributed by atoms with Crippen molar-refractivity contribution in [3.63, 3.8) is 0 Å². The van der Waals surface area contributed by atoms with E-state index in [0.717, 1.165) is 26.9 Å². The maximum Gasteiger partial charge on any atom is 0.282 e. The predicted molar refractivity (Wildman–Crippen MR) is 112 cm³/mol. The highest BCUT2D eigenvalue weighted by molar-refractivity contribution is 5.96. The molecule has 0 aromatic heterocycles. The predicted octanol–water partition coefficient (Wildman–Crippen LogP) is 2.90. The maximum atomic E-state index is 12.8. The van der Waals surface area contributed by atoms with Gasteiger partial charge in [-0.05, 0) is 42.0 Å². The molecule has 0 aliphatic carbocycles. The number of para-hydroxylation sites is 1. The minimum Gasteiger partial charge on any atom is -0.493 e. The summed E-state index contributed by atoms with van der Waals surface area (Å²) in [6.45, 7) is 2.57. The first-order valence-corrected chi connectivity index (χ1v) is 9.35. The summed E-state index contributed by atoms with van der Waals surface area (Å²) in [5, 5.41) is 5.30. The Kier molecular flexibility index (Phi) is 6.16. The molecule has 0 heterocycles. The topological polar surface area (TPSA) is 52.0 Å². The molecular formula is C23H27N2O3+. The molecule has 1 amide bonds. The lowest BCUT2D eigenvalue weighted by Crippen LogP contribution is -3.12. The standard InChI is InChI=1S/C23H26N2O3/c1-16(25(2)15-19-10-7-11-21(27-3)22(19)28-4)23(26)24-20-13-12-17-8-5-6-9-18(17)14-20/h5-14,16H,15H2,1-4H3,(H,24,26)/p+1/t16-/m1/s1. The van der Waals surface area contributed by atoms with E-state index in [2.05, 4.69) is 11.4 Å². The highest BCUT2D eigenvalue weighted by Gasteiger charge is 2.24. The van der Waals surface area contributed by atoms with Crippen molar-refractivity contribution in [1.82, 2.24) is 0 Å². The van der Waals surface area contributed by atoms with Crippen molar-refractivity contribution >= 4 is 22.4 Å². The second-order valence-corrected chi connectivity index (χ2v) is 6.95. The number of nitrogens with one attached hydrogen (secondary N) is 2. The van der Waals surface area contributed by atoms with Crippen molar-refractivity contribution in [1.29, 1.82) is 0 Å². The second kappa shape index (κ2) is 8.76. The van der Waals surface area contributed by atoms with Gasteiger partial charge in [-0.1, -0.05) is 36.4 Å². The number of amides is 1. The molecule has 0 fully saturated rings. The van der Waals surface area contributed by atoms with Gasteiger partial charge in [-0.25, -0.2) is 0 Å². The Morgan fingerprint density at radius 2 is 1.75 bits per heavy atom. The largest absolute Gasteiger partial charge is 0.493 e. The Morgan fingerprint density at radius 1 is 1.00 bits per heavy atom. The summed E-state index contributed by atoms with van der Waals surface area (Å²) in [5.74, 6) is 1.39. The van der Waals surface area contributed by atoms with E-state index >= 15 is 0 Å². The SMILES string of the molecule is COc1cccc(C[NH+](C)[C@H](C)C(=O)Nc2ccc3ccccc3c2)c1OC. The van der Waals surface area contributed by atoms with E-state index in [-0.39, 0.29) is 11.9 Å². The summed E-state index contributed by atoms with van der Waals surface area (Å²) in [4.78, 5) is 13.8. The van der Waals surface area contributed by atoms with Crippen LogP contribution in [0.2, 0.25) is 0 Å². The van der Waals surface area contributed by atoms with Crippen molar-refractivity contribution in [2.24, 2.45) is 0 Å². The van der Waals surface area contributed by atoms with Crippen LogP contribution < -0.4 is 19.7 Å². The number of fused-ring (bicyclic) bond motifs is 1. The molecule has 0 bridgehead atoms. The molecule has 5 heteroatoms. The van der Waals surface area contributed by atoms with Gasteiger partial charge in [0.2, 0.25) is 0 Å². The van der Waals surface area contributed by atoms with Gasteiger partial charge in [-0.2, -0.15) is 0 Å². The van der Waals surface area contributed by atoms with Crippen LogP contribution in [-0.2, 0) is 11.3 Å². The molecule has 0 aliphatic rings. The maximum absolute atomic E-state index is 12.8. The summed E-state index contributed by atoms with van der Waals surface area (Å²) in [6, 6.07) is 19.6. The Labute approximate surface area is 165 Å². The van der Waals surface area contributed by atoms with Crippen molar-refractivity contribution in [3.8, 4) is 11.5 Å². The van der Waals surface area contributed by atoms with Gasteiger partial charge in [0.25, 0.3) is 5.91 Å². The van der Waals surface area contributed by atoms with Gasteiger partial charge in [0.15, 0.2) is 17.5 Å². The van der Waals surface area contributed by atoms with Gasteiger partial charge in [-0.15, -0.1) is 0 Å². The van der Waals surface area contributed by atoms with Gasteiger partial charge < -0.3 is 19.7 Å². The third kappa shape index (κ3) is 4.26. The average Bonchev–Trinajstić information content (AvgIpc) is 2.72. The fraction of sp³-hybridized carbons (Fsp3) is 0.261. The minimum absolute atomic E-state index is 0.0188. The number of benzene rings is 3. The smallest absolute Gasteiger partial charge is 0.282 e. The van der Waals surface area contributed by atoms with Crippen LogP contribution in [0.15, 0.2) is 60.7 Å². The molecule has 0 aliphatic heterocycles. The molecule has 0 spiro atoms. The number of hydrogen-bond acceptors (Lipinski definition) is 3. The number of carbonyl (C=O) groups excluding carboxylic acids is 1. The lowest BCUT2D eigenvalue weighted by Gasteiger charge is -2.22. The quantitative estimate of drug-likeness (QED) is 0.664. The molecule has 1 unspecified atom stereocenters. The molecule has 28 heavy (non-hydrogen) atoms. The first-order valence-electron chi connectivity index (χ1n) is 9.35. The Morgan fingerprint density at radius 3 is 2.46 bits per heavy atom. The van der Waals surface area contributed by atoms with Gasteiger partial charge in [0.05, 0.1) is 26.8 Å². The van der Waals surface area contributed by atoms with Gasteiger partial charge in [-0.3, -0.25) is 4.79 Å². The second-order valence-electron chi connectivity index (χ2n) is 6.95. The molecule has 146 valence electrons. The normalized spacial score (nSPS) is 13.0. The van der Waals surface area contributed by atoms with Crippen LogP contribution in [0.4, 0.5) is 5.69 Å². The van der Waals surface area contributed by atoms with Crippen LogP contribution in [0.1, 0.15) is 12.5 Å². The monoisotopic (exact) mass is 379 g/mol. The molecule has 2 atom stereocenters. The number of ether oxygens (including phenoxy) is 2. The first kappa shape index (κ1) is 19.7. The summed E-state index contributed by atoms with van der Waals surface area (Å²) < 4.78 is 10.9. The molecule has 3 aromatic rings. The molecule has 0 saturated carbocycles. The number of likely N-dealkylation sites (N-methyl/N-ethyl adjacent to an activating group) is 1. The Balaban J connectivity index is 1.70. The zero-order chi connectivity index (χ0) is 20.1. The van der Waals surface area contributed by atoms with Crippen LogP contribution in [-0.4, -0.2) is 33.2 Å². The minimum atomic E-state index is -0.234. The molecule has 2 N–H and O–H groups in total. The summed E-state index contributed by atoms with van der Waals surface area (Å²) in [7, 11) is 5.26. The van der Waals surface area contributed by atoms with Crippen LogP contribution in [0.5, 0.6) is 11.5 Å². The van der Waals surface area contributed by atoms with Gasteiger partial charge >= 0.3 is 0 Å². The average molecular weight is 379 g/mol. The van der Waals surface area contributed by atoms with Crippen molar-refractivity contribution in [2.45, 2.75) is 19.5 Å². The highest BCUT2D eigenvalue weighted by atomic mass is 16.5. The Bertz CT molecular complexity index is 971. The van der Waals surface area contributed by atoms with E-state index in [0.29, 0.717) is 18.0 Å². The molecule has 0 radical (unpaired) electrons. The number of carbonyl (C=O) groups is 1.